The summed E-state index contributed by atoms with van der Waals surface area (Å²) in [5.41, 5.74) is 5.26. The quantitative estimate of drug-likeness (QED) is 0.358. The average molecular weight is 513 g/mol. The van der Waals surface area contributed by atoms with Crippen molar-refractivity contribution < 1.29 is 14.3 Å². The van der Waals surface area contributed by atoms with Gasteiger partial charge in [0.2, 0.25) is 5.91 Å². The van der Waals surface area contributed by atoms with Crippen LogP contribution in [0.15, 0.2) is 72.8 Å². The van der Waals surface area contributed by atoms with Gasteiger partial charge in [-0.05, 0) is 61.9 Å². The molecule has 5 nitrogen and oxygen atoms in total. The second-order valence-electron chi connectivity index (χ2n) is 10.5. The summed E-state index contributed by atoms with van der Waals surface area (Å²) in [6, 6.07) is 23.4. The van der Waals surface area contributed by atoms with E-state index in [9.17, 15) is 9.59 Å². The summed E-state index contributed by atoms with van der Waals surface area (Å²) in [5.74, 6) is 0.403. The van der Waals surface area contributed by atoms with Crippen LogP contribution in [-0.2, 0) is 22.6 Å². The van der Waals surface area contributed by atoms with Crippen LogP contribution in [0.25, 0.3) is 0 Å². The monoisotopic (exact) mass is 512 g/mol. The van der Waals surface area contributed by atoms with E-state index in [4.69, 9.17) is 4.74 Å². The summed E-state index contributed by atoms with van der Waals surface area (Å²) < 4.78 is 6.03. The van der Waals surface area contributed by atoms with Crippen LogP contribution in [0.4, 0.5) is 0 Å². The molecular formula is C33H40N2O3. The molecule has 2 amide bonds. The predicted octanol–water partition coefficient (Wildman–Crippen LogP) is 6.08. The number of hydrogen-bond donors (Lipinski definition) is 1. The van der Waals surface area contributed by atoms with E-state index in [1.165, 1.54) is 6.42 Å². The van der Waals surface area contributed by atoms with E-state index in [1.807, 2.05) is 87.5 Å². The van der Waals surface area contributed by atoms with Crippen LogP contribution >= 0.6 is 0 Å². The molecule has 3 aromatic rings. The van der Waals surface area contributed by atoms with Gasteiger partial charge in [0.05, 0.1) is 0 Å². The Kier molecular flexibility index (Phi) is 9.58. The van der Waals surface area contributed by atoms with E-state index in [1.54, 1.807) is 4.90 Å². The van der Waals surface area contributed by atoms with Crippen LogP contribution in [0, 0.1) is 20.8 Å². The Labute approximate surface area is 227 Å². The molecule has 5 heteroatoms. The fourth-order valence-corrected chi connectivity index (χ4v) is 5.21. The SMILES string of the molecule is Cc1cccc(CN(C(=O)COc2cccc(C)c2C)[C@@H](Cc2ccccc2)C(=O)NC2CCCCC2)c1. The summed E-state index contributed by atoms with van der Waals surface area (Å²) in [6.07, 6.45) is 5.90. The van der Waals surface area contributed by atoms with Crippen LogP contribution in [-0.4, -0.2) is 35.4 Å². The molecule has 3 aromatic carbocycles. The van der Waals surface area contributed by atoms with Crippen LogP contribution in [0.1, 0.15) is 59.9 Å². The number of carbonyl (C=O) groups excluding carboxylic acids is 2. The zero-order valence-electron chi connectivity index (χ0n) is 22.9. The van der Waals surface area contributed by atoms with Crippen LogP contribution in [0.3, 0.4) is 0 Å². The number of hydrogen-bond acceptors (Lipinski definition) is 3. The second kappa shape index (κ2) is 13.3. The van der Waals surface area contributed by atoms with Gasteiger partial charge >= 0.3 is 0 Å². The van der Waals surface area contributed by atoms with Gasteiger partial charge in [-0.25, -0.2) is 0 Å². The van der Waals surface area contributed by atoms with Gasteiger partial charge in [0.1, 0.15) is 11.8 Å². The van der Waals surface area contributed by atoms with Gasteiger partial charge < -0.3 is 15.0 Å². The number of amides is 2. The Hall–Kier alpha value is -3.60. The topological polar surface area (TPSA) is 58.6 Å². The lowest BCUT2D eigenvalue weighted by atomic mass is 9.94. The summed E-state index contributed by atoms with van der Waals surface area (Å²) in [4.78, 5) is 29.4. The molecular weight excluding hydrogens is 472 g/mol. The molecule has 0 unspecified atom stereocenters. The number of aryl methyl sites for hydroxylation is 2. The zero-order valence-corrected chi connectivity index (χ0v) is 22.9. The van der Waals surface area contributed by atoms with E-state index in [0.717, 1.165) is 53.5 Å². The molecule has 1 aliphatic carbocycles. The van der Waals surface area contributed by atoms with E-state index in [2.05, 4.69) is 11.4 Å². The van der Waals surface area contributed by atoms with Crippen molar-refractivity contribution in [2.24, 2.45) is 0 Å². The number of nitrogens with zero attached hydrogens (tertiary/aromatic N) is 1. The maximum Gasteiger partial charge on any atom is 0.261 e. The first-order chi connectivity index (χ1) is 18.4. The maximum absolute atomic E-state index is 13.9. The predicted molar refractivity (Wildman–Crippen MR) is 152 cm³/mol. The molecule has 4 rings (SSSR count). The first kappa shape index (κ1) is 27.4. The van der Waals surface area contributed by atoms with Crippen molar-refractivity contribution in [2.75, 3.05) is 6.61 Å². The molecule has 1 atom stereocenters. The molecule has 0 aromatic heterocycles. The van der Waals surface area contributed by atoms with Crippen molar-refractivity contribution >= 4 is 11.8 Å². The Bertz CT molecular complexity index is 1220. The van der Waals surface area contributed by atoms with Crippen molar-refractivity contribution in [1.29, 1.82) is 0 Å². The molecule has 0 saturated heterocycles. The van der Waals surface area contributed by atoms with Gasteiger partial charge in [0.25, 0.3) is 5.91 Å². The lowest BCUT2D eigenvalue weighted by Gasteiger charge is -2.33. The van der Waals surface area contributed by atoms with E-state index < -0.39 is 6.04 Å². The number of carbonyl (C=O) groups is 2. The number of benzene rings is 3. The summed E-state index contributed by atoms with van der Waals surface area (Å²) in [7, 11) is 0. The van der Waals surface area contributed by atoms with Crippen molar-refractivity contribution in [2.45, 2.75) is 77.9 Å². The highest BCUT2D eigenvalue weighted by Gasteiger charge is 2.32. The zero-order chi connectivity index (χ0) is 26.9. The maximum atomic E-state index is 13.9. The minimum absolute atomic E-state index is 0.0894. The van der Waals surface area contributed by atoms with Gasteiger partial charge in [0, 0.05) is 19.0 Å². The third-order valence-electron chi connectivity index (χ3n) is 7.56. The van der Waals surface area contributed by atoms with Gasteiger partial charge in [-0.15, -0.1) is 0 Å². The fraction of sp³-hybridized carbons (Fsp3) is 0.394. The molecule has 0 bridgehead atoms. The highest BCUT2D eigenvalue weighted by Crippen LogP contribution is 2.22. The summed E-state index contributed by atoms with van der Waals surface area (Å²) >= 11 is 0. The van der Waals surface area contributed by atoms with E-state index in [-0.39, 0.29) is 24.5 Å². The largest absolute Gasteiger partial charge is 0.483 e. The fourth-order valence-electron chi connectivity index (χ4n) is 5.21. The minimum atomic E-state index is -0.644. The normalized spacial score (nSPS) is 14.5. The third kappa shape index (κ3) is 7.47. The van der Waals surface area contributed by atoms with E-state index >= 15 is 0 Å². The van der Waals surface area contributed by atoms with Gasteiger partial charge in [-0.3, -0.25) is 9.59 Å². The van der Waals surface area contributed by atoms with Crippen LogP contribution in [0.5, 0.6) is 5.75 Å². The van der Waals surface area contributed by atoms with Crippen molar-refractivity contribution in [3.05, 3.63) is 101 Å². The highest BCUT2D eigenvalue weighted by atomic mass is 16.5. The highest BCUT2D eigenvalue weighted by molar-refractivity contribution is 5.88. The Morgan fingerprint density at radius 1 is 0.895 bits per heavy atom. The average Bonchev–Trinajstić information content (AvgIpc) is 2.92. The van der Waals surface area contributed by atoms with Crippen molar-refractivity contribution in [1.82, 2.24) is 10.2 Å². The van der Waals surface area contributed by atoms with Gasteiger partial charge in [-0.2, -0.15) is 0 Å². The lowest BCUT2D eigenvalue weighted by Crippen LogP contribution is -2.53. The minimum Gasteiger partial charge on any atom is -0.483 e. The molecule has 0 aliphatic heterocycles. The molecule has 0 spiro atoms. The van der Waals surface area contributed by atoms with Gasteiger partial charge in [0.15, 0.2) is 6.61 Å². The lowest BCUT2D eigenvalue weighted by molar-refractivity contribution is -0.143. The van der Waals surface area contributed by atoms with Crippen molar-refractivity contribution in [3.8, 4) is 5.75 Å². The molecule has 0 radical (unpaired) electrons. The van der Waals surface area contributed by atoms with Gasteiger partial charge in [-0.1, -0.05) is 91.6 Å². The molecule has 1 N–H and O–H groups in total. The van der Waals surface area contributed by atoms with E-state index in [0.29, 0.717) is 18.7 Å². The number of ether oxygens (including phenoxy) is 1. The van der Waals surface area contributed by atoms with Crippen LogP contribution in [0.2, 0.25) is 0 Å². The Morgan fingerprint density at radius 2 is 1.61 bits per heavy atom. The standard InChI is InChI=1S/C33H40N2O3/c1-24-12-10-16-28(20-24)22-35(32(36)23-38-31-19-11-13-25(2)26(31)3)30(21-27-14-6-4-7-15-27)33(37)34-29-17-8-5-9-18-29/h4,6-7,10-16,19-20,29-30H,5,8-9,17-18,21-23H2,1-3H3,(H,34,37)/t30-/m0/s1. The first-order valence-corrected chi connectivity index (χ1v) is 13.8. The Morgan fingerprint density at radius 3 is 2.34 bits per heavy atom. The molecule has 0 heterocycles. The Balaban J connectivity index is 1.62. The molecule has 1 saturated carbocycles. The molecule has 1 aliphatic rings. The first-order valence-electron chi connectivity index (χ1n) is 13.8. The summed E-state index contributed by atoms with van der Waals surface area (Å²) in [6.45, 7) is 6.27. The molecule has 200 valence electrons. The smallest absolute Gasteiger partial charge is 0.261 e. The number of nitrogens with one attached hydrogen (secondary N) is 1. The summed E-state index contributed by atoms with van der Waals surface area (Å²) in [5, 5.41) is 3.29. The molecule has 1 fully saturated rings. The molecule has 38 heavy (non-hydrogen) atoms. The number of rotatable bonds is 10. The van der Waals surface area contributed by atoms with Crippen LogP contribution < -0.4 is 10.1 Å². The third-order valence-corrected chi connectivity index (χ3v) is 7.56. The second-order valence-corrected chi connectivity index (χ2v) is 10.5. The van der Waals surface area contributed by atoms with Crippen molar-refractivity contribution in [3.63, 3.8) is 0 Å².